The van der Waals surface area contributed by atoms with Gasteiger partial charge in [0.05, 0.1) is 19.5 Å². The lowest BCUT2D eigenvalue weighted by Gasteiger charge is -2.25. The van der Waals surface area contributed by atoms with Crippen LogP contribution in [-0.2, 0) is 14.4 Å². The average molecular weight is 186 g/mol. The van der Waals surface area contributed by atoms with Gasteiger partial charge in [-0.3, -0.25) is 14.4 Å². The van der Waals surface area contributed by atoms with Crippen LogP contribution in [-0.4, -0.2) is 47.4 Å². The molecule has 2 N–H and O–H groups in total. The van der Waals surface area contributed by atoms with E-state index in [1.807, 2.05) is 0 Å². The molecule has 0 aromatic carbocycles. The third kappa shape index (κ3) is 2.73. The number of carboxylic acids is 1. The molecule has 1 fully saturated rings. The monoisotopic (exact) mass is 186 g/mol. The van der Waals surface area contributed by atoms with Gasteiger partial charge in [0.2, 0.25) is 11.8 Å². The highest BCUT2D eigenvalue weighted by Crippen LogP contribution is 1.96. The van der Waals surface area contributed by atoms with Crippen molar-refractivity contribution in [3.63, 3.8) is 0 Å². The minimum atomic E-state index is -0.973. The van der Waals surface area contributed by atoms with Gasteiger partial charge in [0.15, 0.2) is 0 Å². The second-order valence-corrected chi connectivity index (χ2v) is 2.74. The Morgan fingerprint density at radius 2 is 2.23 bits per heavy atom. The van der Waals surface area contributed by atoms with Crippen LogP contribution in [0.25, 0.3) is 0 Å². The summed E-state index contributed by atoms with van der Waals surface area (Å²) in [7, 11) is 0. The van der Waals surface area contributed by atoms with E-state index in [1.54, 1.807) is 0 Å². The van der Waals surface area contributed by atoms with E-state index < -0.39 is 5.97 Å². The maximum Gasteiger partial charge on any atom is 0.305 e. The Balaban J connectivity index is 2.42. The van der Waals surface area contributed by atoms with Gasteiger partial charge in [-0.15, -0.1) is 0 Å². The average Bonchev–Trinajstić information content (AvgIpc) is 2.06. The zero-order valence-electron chi connectivity index (χ0n) is 6.95. The van der Waals surface area contributed by atoms with Crippen LogP contribution in [0.1, 0.15) is 6.42 Å². The molecule has 0 bridgehead atoms. The number of hydrogen-bond acceptors (Lipinski definition) is 3. The minimum absolute atomic E-state index is 0.0293. The lowest BCUT2D eigenvalue weighted by molar-refractivity contribution is -0.143. The molecule has 13 heavy (non-hydrogen) atoms. The molecule has 6 heteroatoms. The topological polar surface area (TPSA) is 86.7 Å². The number of nitrogens with one attached hydrogen (secondary N) is 1. The Morgan fingerprint density at radius 3 is 2.85 bits per heavy atom. The highest BCUT2D eigenvalue weighted by atomic mass is 16.4. The molecular weight excluding hydrogens is 176 g/mol. The van der Waals surface area contributed by atoms with Crippen molar-refractivity contribution in [2.45, 2.75) is 6.42 Å². The quantitative estimate of drug-likeness (QED) is 0.557. The summed E-state index contributed by atoms with van der Waals surface area (Å²) in [5.41, 5.74) is 0. The summed E-state index contributed by atoms with van der Waals surface area (Å²) in [6, 6.07) is 0. The molecule has 1 aliphatic rings. The molecule has 0 saturated carbocycles. The van der Waals surface area contributed by atoms with Gasteiger partial charge < -0.3 is 15.3 Å². The van der Waals surface area contributed by atoms with Gasteiger partial charge in [0.25, 0.3) is 0 Å². The van der Waals surface area contributed by atoms with Crippen LogP contribution < -0.4 is 5.32 Å². The Bertz CT molecular complexity index is 251. The highest BCUT2D eigenvalue weighted by molar-refractivity contribution is 5.92. The van der Waals surface area contributed by atoms with E-state index >= 15 is 0 Å². The zero-order chi connectivity index (χ0) is 9.84. The van der Waals surface area contributed by atoms with Crippen LogP contribution in [0.2, 0.25) is 0 Å². The number of carboxylic acid groups (broad SMARTS) is 1. The van der Waals surface area contributed by atoms with E-state index in [9.17, 15) is 14.4 Å². The Kier molecular flexibility index (Phi) is 2.84. The number of hydrogen-bond donors (Lipinski definition) is 2. The molecule has 0 unspecified atom stereocenters. The molecule has 2 amide bonds. The fourth-order valence-corrected chi connectivity index (χ4v) is 1.04. The Labute approximate surface area is 74.5 Å². The number of carbonyl (C=O) groups is 3. The van der Waals surface area contributed by atoms with Crippen molar-refractivity contribution in [3.8, 4) is 0 Å². The molecular formula is C7H10N2O4. The Morgan fingerprint density at radius 1 is 1.54 bits per heavy atom. The Hall–Kier alpha value is -1.59. The van der Waals surface area contributed by atoms with Crippen molar-refractivity contribution in [2.24, 2.45) is 0 Å². The van der Waals surface area contributed by atoms with Crippen LogP contribution in [0.4, 0.5) is 0 Å². The second kappa shape index (κ2) is 3.88. The van der Waals surface area contributed by atoms with Crippen LogP contribution in [0.5, 0.6) is 0 Å². The first-order valence-corrected chi connectivity index (χ1v) is 3.86. The van der Waals surface area contributed by atoms with Gasteiger partial charge in [-0.1, -0.05) is 0 Å². The summed E-state index contributed by atoms with van der Waals surface area (Å²) in [4.78, 5) is 33.3. The smallest absolute Gasteiger partial charge is 0.305 e. The molecule has 1 aliphatic heterocycles. The van der Waals surface area contributed by atoms with E-state index in [-0.39, 0.29) is 37.9 Å². The number of rotatable bonds is 3. The third-order valence-electron chi connectivity index (χ3n) is 1.72. The van der Waals surface area contributed by atoms with Crippen molar-refractivity contribution >= 4 is 17.8 Å². The van der Waals surface area contributed by atoms with Gasteiger partial charge >= 0.3 is 5.97 Å². The molecule has 72 valence electrons. The fourth-order valence-electron chi connectivity index (χ4n) is 1.04. The number of carbonyl (C=O) groups excluding carboxylic acids is 2. The maximum absolute atomic E-state index is 11.1. The number of nitrogens with zero attached hydrogens (tertiary/aromatic N) is 1. The molecule has 0 aromatic heterocycles. The van der Waals surface area contributed by atoms with Gasteiger partial charge in [-0.25, -0.2) is 0 Å². The van der Waals surface area contributed by atoms with Crippen LogP contribution in [0.15, 0.2) is 0 Å². The molecule has 0 aliphatic carbocycles. The van der Waals surface area contributed by atoms with E-state index in [2.05, 4.69) is 5.32 Å². The summed E-state index contributed by atoms with van der Waals surface area (Å²) in [6.07, 6.45) is -0.126. The largest absolute Gasteiger partial charge is 0.481 e. The molecule has 6 nitrogen and oxygen atoms in total. The highest BCUT2D eigenvalue weighted by Gasteiger charge is 2.22. The number of aliphatic carboxylic acids is 1. The molecule has 0 radical (unpaired) electrons. The second-order valence-electron chi connectivity index (χ2n) is 2.74. The molecule has 1 saturated heterocycles. The van der Waals surface area contributed by atoms with E-state index in [0.717, 1.165) is 0 Å². The first kappa shape index (κ1) is 9.50. The lowest BCUT2D eigenvalue weighted by Crippen LogP contribution is -2.51. The van der Waals surface area contributed by atoms with E-state index in [4.69, 9.17) is 5.11 Å². The summed E-state index contributed by atoms with van der Waals surface area (Å²) in [6.45, 7) is 0.0339. The summed E-state index contributed by atoms with van der Waals surface area (Å²) in [5.74, 6) is -1.45. The first-order valence-electron chi connectivity index (χ1n) is 3.86. The van der Waals surface area contributed by atoms with E-state index in [1.165, 1.54) is 4.90 Å². The molecule has 1 heterocycles. The SMILES string of the molecule is O=C(O)CCN1CC(=O)NCC1=O. The van der Waals surface area contributed by atoms with Gasteiger partial charge in [-0.2, -0.15) is 0 Å². The van der Waals surface area contributed by atoms with Gasteiger partial charge in [0, 0.05) is 6.54 Å². The van der Waals surface area contributed by atoms with Crippen LogP contribution in [0, 0.1) is 0 Å². The molecule has 1 rings (SSSR count). The third-order valence-corrected chi connectivity index (χ3v) is 1.72. The molecule has 0 spiro atoms. The normalized spacial score (nSPS) is 17.1. The van der Waals surface area contributed by atoms with Crippen molar-refractivity contribution in [1.29, 1.82) is 0 Å². The minimum Gasteiger partial charge on any atom is -0.481 e. The predicted molar refractivity (Wildman–Crippen MR) is 41.8 cm³/mol. The van der Waals surface area contributed by atoms with Crippen LogP contribution >= 0.6 is 0 Å². The first-order chi connectivity index (χ1) is 6.09. The zero-order valence-corrected chi connectivity index (χ0v) is 6.95. The van der Waals surface area contributed by atoms with Gasteiger partial charge in [0.1, 0.15) is 0 Å². The summed E-state index contributed by atoms with van der Waals surface area (Å²) < 4.78 is 0. The lowest BCUT2D eigenvalue weighted by atomic mass is 10.3. The molecule has 0 aromatic rings. The van der Waals surface area contributed by atoms with Crippen molar-refractivity contribution in [1.82, 2.24) is 10.2 Å². The number of amides is 2. The fraction of sp³-hybridized carbons (Fsp3) is 0.571. The number of piperazine rings is 1. The molecule has 0 atom stereocenters. The van der Waals surface area contributed by atoms with Gasteiger partial charge in [-0.05, 0) is 0 Å². The van der Waals surface area contributed by atoms with Crippen molar-refractivity contribution in [3.05, 3.63) is 0 Å². The summed E-state index contributed by atoms with van der Waals surface area (Å²) in [5, 5.41) is 10.7. The predicted octanol–water partition coefficient (Wildman–Crippen LogP) is -1.58. The van der Waals surface area contributed by atoms with Crippen LogP contribution in [0.3, 0.4) is 0 Å². The summed E-state index contributed by atoms with van der Waals surface area (Å²) >= 11 is 0. The van der Waals surface area contributed by atoms with E-state index in [0.29, 0.717) is 0 Å². The maximum atomic E-state index is 11.1. The van der Waals surface area contributed by atoms with Crippen molar-refractivity contribution < 1.29 is 19.5 Å². The standard InChI is InChI=1S/C7H10N2O4/c10-5-4-9(2-1-7(12)13)6(11)3-8-5/h1-4H2,(H,8,10)(H,12,13). The van der Waals surface area contributed by atoms with Crippen molar-refractivity contribution in [2.75, 3.05) is 19.6 Å².